The van der Waals surface area contributed by atoms with Crippen LogP contribution in [0.1, 0.15) is 5.56 Å². The van der Waals surface area contributed by atoms with Gasteiger partial charge in [-0.3, -0.25) is 4.79 Å². The first-order chi connectivity index (χ1) is 11.0. The molecule has 11 heteroatoms. The van der Waals surface area contributed by atoms with Crippen LogP contribution in [0.4, 0.5) is 13.2 Å². The lowest BCUT2D eigenvalue weighted by atomic mass is 9.96. The summed E-state index contributed by atoms with van der Waals surface area (Å²) < 4.78 is 64.2. The van der Waals surface area contributed by atoms with Gasteiger partial charge in [0.1, 0.15) is 6.07 Å². The van der Waals surface area contributed by atoms with Crippen LogP contribution >= 0.6 is 11.6 Å². The smallest absolute Gasteiger partial charge is 0.393 e. The summed E-state index contributed by atoms with van der Waals surface area (Å²) in [6.45, 7) is -1.78. The SMILES string of the molecule is N#Cc1ccc(S(=O)(=O)N2C[C@@H](C(F)(F)F)[C@H](C(=O)O)C2)cc1Cl. The second-order valence-corrected chi connectivity index (χ2v) is 7.51. The van der Waals surface area contributed by atoms with E-state index in [2.05, 4.69) is 0 Å². The fourth-order valence-corrected chi connectivity index (χ4v) is 4.25. The molecule has 0 spiro atoms. The third-order valence-corrected chi connectivity index (χ3v) is 5.86. The van der Waals surface area contributed by atoms with Crippen LogP contribution in [0.15, 0.2) is 23.1 Å². The van der Waals surface area contributed by atoms with Crippen LogP contribution in [0, 0.1) is 23.2 Å². The number of nitrogens with zero attached hydrogens (tertiary/aromatic N) is 2. The number of sulfonamides is 1. The number of benzene rings is 1. The van der Waals surface area contributed by atoms with E-state index in [1.807, 2.05) is 0 Å². The highest BCUT2D eigenvalue weighted by atomic mass is 35.5. The molecule has 1 saturated heterocycles. The molecule has 0 aliphatic carbocycles. The number of aliphatic carboxylic acids is 1. The summed E-state index contributed by atoms with van der Waals surface area (Å²) in [5.74, 6) is -5.89. The molecule has 130 valence electrons. The summed E-state index contributed by atoms with van der Waals surface area (Å²) >= 11 is 5.74. The molecule has 0 amide bonds. The van der Waals surface area contributed by atoms with Crippen molar-refractivity contribution >= 4 is 27.6 Å². The van der Waals surface area contributed by atoms with Crippen molar-refractivity contribution in [1.82, 2.24) is 4.31 Å². The number of halogens is 4. The van der Waals surface area contributed by atoms with Gasteiger partial charge < -0.3 is 5.11 Å². The zero-order chi connectivity index (χ0) is 18.3. The Hall–Kier alpha value is -1.83. The molecular formula is C13H10ClF3N2O4S. The molecule has 0 aromatic heterocycles. The maximum atomic E-state index is 13.0. The predicted molar refractivity (Wildman–Crippen MR) is 75.6 cm³/mol. The third-order valence-electron chi connectivity index (χ3n) is 3.72. The topological polar surface area (TPSA) is 98.5 Å². The van der Waals surface area contributed by atoms with Crippen molar-refractivity contribution in [3.63, 3.8) is 0 Å². The first-order valence-corrected chi connectivity index (χ1v) is 8.29. The quantitative estimate of drug-likeness (QED) is 0.863. The maximum absolute atomic E-state index is 13.0. The summed E-state index contributed by atoms with van der Waals surface area (Å²) in [7, 11) is -4.37. The van der Waals surface area contributed by atoms with Gasteiger partial charge in [-0.2, -0.15) is 22.7 Å². The van der Waals surface area contributed by atoms with Crippen LogP contribution in [0.25, 0.3) is 0 Å². The van der Waals surface area contributed by atoms with Gasteiger partial charge in [-0.25, -0.2) is 8.42 Å². The van der Waals surface area contributed by atoms with Gasteiger partial charge in [0.25, 0.3) is 0 Å². The van der Waals surface area contributed by atoms with E-state index in [4.69, 9.17) is 22.0 Å². The molecule has 1 aromatic carbocycles. The molecule has 1 N–H and O–H groups in total. The van der Waals surface area contributed by atoms with Gasteiger partial charge in [-0.05, 0) is 18.2 Å². The molecule has 0 radical (unpaired) electrons. The van der Waals surface area contributed by atoms with Crippen molar-refractivity contribution in [2.75, 3.05) is 13.1 Å². The first-order valence-electron chi connectivity index (χ1n) is 6.47. The van der Waals surface area contributed by atoms with E-state index >= 15 is 0 Å². The van der Waals surface area contributed by atoms with Gasteiger partial charge >= 0.3 is 12.1 Å². The third kappa shape index (κ3) is 3.33. The number of carboxylic acid groups (broad SMARTS) is 1. The second kappa shape index (κ2) is 6.23. The molecule has 2 atom stereocenters. The lowest BCUT2D eigenvalue weighted by Crippen LogP contribution is -2.34. The Kier molecular flexibility index (Phi) is 4.81. The molecule has 1 aromatic rings. The minimum Gasteiger partial charge on any atom is -0.481 e. The van der Waals surface area contributed by atoms with Crippen molar-refractivity contribution in [3.05, 3.63) is 28.8 Å². The van der Waals surface area contributed by atoms with E-state index < -0.39 is 52.0 Å². The Morgan fingerprint density at radius 2 is 2.00 bits per heavy atom. The molecular weight excluding hydrogens is 373 g/mol. The number of hydrogen-bond donors (Lipinski definition) is 1. The van der Waals surface area contributed by atoms with Crippen LogP contribution in [0.3, 0.4) is 0 Å². The van der Waals surface area contributed by atoms with E-state index in [0.717, 1.165) is 18.2 Å². The average Bonchev–Trinajstić information content (AvgIpc) is 2.93. The summed E-state index contributed by atoms with van der Waals surface area (Å²) in [6, 6.07) is 4.84. The van der Waals surface area contributed by atoms with Gasteiger partial charge in [0.2, 0.25) is 10.0 Å². The van der Waals surface area contributed by atoms with Crippen LogP contribution in [-0.4, -0.2) is 43.1 Å². The fraction of sp³-hybridized carbons (Fsp3) is 0.385. The van der Waals surface area contributed by atoms with Crippen LogP contribution in [0.5, 0.6) is 0 Å². The van der Waals surface area contributed by atoms with Crippen LogP contribution < -0.4 is 0 Å². The Bertz CT molecular complexity index is 819. The van der Waals surface area contributed by atoms with Crippen molar-refractivity contribution in [1.29, 1.82) is 5.26 Å². The molecule has 0 bridgehead atoms. The van der Waals surface area contributed by atoms with Crippen molar-refractivity contribution < 1.29 is 31.5 Å². The Morgan fingerprint density at radius 1 is 1.38 bits per heavy atom. The minimum atomic E-state index is -4.84. The van der Waals surface area contributed by atoms with Crippen LogP contribution in [-0.2, 0) is 14.8 Å². The molecule has 0 saturated carbocycles. The first kappa shape index (κ1) is 18.5. The summed E-state index contributed by atoms with van der Waals surface area (Å²) in [4.78, 5) is 10.6. The van der Waals surface area contributed by atoms with E-state index in [-0.39, 0.29) is 10.6 Å². The number of alkyl halides is 3. The second-order valence-electron chi connectivity index (χ2n) is 5.17. The highest BCUT2D eigenvalue weighted by molar-refractivity contribution is 7.89. The molecule has 6 nitrogen and oxygen atoms in total. The average molecular weight is 383 g/mol. The van der Waals surface area contributed by atoms with E-state index in [1.54, 1.807) is 6.07 Å². The molecule has 1 fully saturated rings. The Morgan fingerprint density at radius 3 is 2.42 bits per heavy atom. The largest absolute Gasteiger partial charge is 0.481 e. The molecule has 1 aliphatic heterocycles. The minimum absolute atomic E-state index is 0.00798. The van der Waals surface area contributed by atoms with Gasteiger partial charge in [0.15, 0.2) is 0 Å². The number of hydrogen-bond acceptors (Lipinski definition) is 4. The van der Waals surface area contributed by atoms with E-state index in [9.17, 15) is 26.4 Å². The lowest BCUT2D eigenvalue weighted by molar-refractivity contribution is -0.187. The van der Waals surface area contributed by atoms with E-state index in [0.29, 0.717) is 4.31 Å². The Balaban J connectivity index is 2.39. The van der Waals surface area contributed by atoms with E-state index in [1.165, 1.54) is 0 Å². The predicted octanol–water partition coefficient (Wildman–Crippen LogP) is 2.10. The highest BCUT2D eigenvalue weighted by Gasteiger charge is 2.54. The normalized spacial score (nSPS) is 22.3. The van der Waals surface area contributed by atoms with Gasteiger partial charge in [-0.1, -0.05) is 11.6 Å². The summed E-state index contributed by atoms with van der Waals surface area (Å²) in [5, 5.41) is 17.5. The molecule has 24 heavy (non-hydrogen) atoms. The van der Waals surface area contributed by atoms with Gasteiger partial charge in [0.05, 0.1) is 27.3 Å². The van der Waals surface area contributed by atoms with Crippen molar-refractivity contribution in [2.45, 2.75) is 11.1 Å². The van der Waals surface area contributed by atoms with Crippen molar-refractivity contribution in [2.24, 2.45) is 11.8 Å². The number of carboxylic acids is 1. The molecule has 1 heterocycles. The summed E-state index contributed by atoms with van der Waals surface area (Å²) in [6.07, 6.45) is -4.84. The summed E-state index contributed by atoms with van der Waals surface area (Å²) in [5.41, 5.74) is 0.00798. The number of carbonyl (C=O) groups is 1. The standard InChI is InChI=1S/C13H10ClF3N2O4S/c14-11-3-8(2-1-7(11)4-18)24(22,23)19-5-9(12(20)21)10(6-19)13(15,16)17/h1-3,9-10H,5-6H2,(H,20,21)/t9-,10-/m1/s1. The van der Waals surface area contributed by atoms with Gasteiger partial charge in [-0.15, -0.1) is 0 Å². The van der Waals surface area contributed by atoms with Gasteiger partial charge in [0, 0.05) is 13.1 Å². The zero-order valence-corrected chi connectivity index (χ0v) is 13.4. The molecule has 0 unspecified atom stereocenters. The highest BCUT2D eigenvalue weighted by Crippen LogP contribution is 2.39. The lowest BCUT2D eigenvalue weighted by Gasteiger charge is -2.18. The van der Waals surface area contributed by atoms with Crippen molar-refractivity contribution in [3.8, 4) is 6.07 Å². The number of nitriles is 1. The van der Waals surface area contributed by atoms with Crippen LogP contribution in [0.2, 0.25) is 5.02 Å². The zero-order valence-electron chi connectivity index (χ0n) is 11.8. The molecule has 2 rings (SSSR count). The fourth-order valence-electron chi connectivity index (χ4n) is 2.44. The monoisotopic (exact) mass is 382 g/mol. The molecule has 1 aliphatic rings. The maximum Gasteiger partial charge on any atom is 0.393 e. The Labute approximate surface area is 140 Å². The number of rotatable bonds is 3.